The highest BCUT2D eigenvalue weighted by Crippen LogP contribution is 2.17. The summed E-state index contributed by atoms with van der Waals surface area (Å²) in [5.74, 6) is 0.309. The zero-order chi connectivity index (χ0) is 13.8. The van der Waals surface area contributed by atoms with Crippen LogP contribution in [0.1, 0.15) is 18.5 Å². The molecule has 0 aliphatic carbocycles. The number of nitrogens with one attached hydrogen (secondary N) is 1. The second-order valence-corrected chi connectivity index (χ2v) is 5.20. The predicted molar refractivity (Wildman–Crippen MR) is 77.3 cm³/mol. The van der Waals surface area contributed by atoms with E-state index in [2.05, 4.69) is 26.3 Å². The van der Waals surface area contributed by atoms with E-state index in [9.17, 15) is 4.79 Å². The lowest BCUT2D eigenvalue weighted by molar-refractivity contribution is -0.122. The first-order valence-corrected chi connectivity index (χ1v) is 6.67. The number of hydrogen-bond acceptors (Lipinski definition) is 3. The number of aromatic nitrogens is 2. The van der Waals surface area contributed by atoms with E-state index in [0.717, 1.165) is 10.0 Å². The molecule has 0 aliphatic rings. The average molecular weight is 323 g/mol. The summed E-state index contributed by atoms with van der Waals surface area (Å²) >= 11 is 3.41. The summed E-state index contributed by atoms with van der Waals surface area (Å²) in [5.41, 5.74) is 6.54. The molecule has 1 unspecified atom stereocenters. The van der Waals surface area contributed by atoms with Crippen LogP contribution in [-0.4, -0.2) is 15.7 Å². The number of rotatable bonds is 4. The number of carbonyl (C=O) groups is 1. The lowest BCUT2D eigenvalue weighted by atomic mass is 10.1. The van der Waals surface area contributed by atoms with Crippen molar-refractivity contribution in [3.8, 4) is 0 Å². The number of anilines is 1. The van der Waals surface area contributed by atoms with E-state index < -0.39 is 0 Å². The van der Waals surface area contributed by atoms with Crippen LogP contribution in [0.25, 0.3) is 0 Å². The number of nitrogens with zero attached hydrogens (tertiary/aromatic N) is 2. The maximum absolute atomic E-state index is 11.9. The molecule has 1 aromatic heterocycles. The van der Waals surface area contributed by atoms with Gasteiger partial charge in [-0.25, -0.2) is 0 Å². The zero-order valence-electron chi connectivity index (χ0n) is 10.5. The number of carbonyl (C=O) groups excluding carboxylic acids is 1. The number of nitrogen functional groups attached to an aromatic ring is 1. The van der Waals surface area contributed by atoms with Crippen molar-refractivity contribution in [1.82, 2.24) is 15.1 Å². The maximum Gasteiger partial charge on any atom is 0.242 e. The lowest BCUT2D eigenvalue weighted by Crippen LogP contribution is -2.30. The van der Waals surface area contributed by atoms with Crippen molar-refractivity contribution in [3.63, 3.8) is 0 Å². The standard InChI is InChI=1S/C13H15BrN4O/c1-9(10-3-2-4-11(14)7-10)16-13(19)8-18-6-5-12(15)17-18/h2-7,9H,8H2,1H3,(H2,15,17)(H,16,19). The quantitative estimate of drug-likeness (QED) is 0.905. The van der Waals surface area contributed by atoms with Gasteiger partial charge in [-0.05, 0) is 30.7 Å². The molecule has 1 atom stereocenters. The van der Waals surface area contributed by atoms with Gasteiger partial charge in [0.2, 0.25) is 5.91 Å². The van der Waals surface area contributed by atoms with Gasteiger partial charge in [0.25, 0.3) is 0 Å². The Labute approximate surface area is 119 Å². The van der Waals surface area contributed by atoms with Crippen LogP contribution < -0.4 is 11.1 Å². The molecule has 3 N–H and O–H groups in total. The molecule has 5 nitrogen and oxygen atoms in total. The Hall–Kier alpha value is -1.82. The Kier molecular flexibility index (Phi) is 4.21. The molecule has 0 fully saturated rings. The fraction of sp³-hybridized carbons (Fsp3) is 0.231. The Morgan fingerprint density at radius 2 is 2.32 bits per heavy atom. The Morgan fingerprint density at radius 1 is 1.53 bits per heavy atom. The molecule has 0 bridgehead atoms. The van der Waals surface area contributed by atoms with Gasteiger partial charge in [-0.2, -0.15) is 5.10 Å². The molecule has 6 heteroatoms. The van der Waals surface area contributed by atoms with Crippen LogP contribution in [0.4, 0.5) is 5.82 Å². The summed E-state index contributed by atoms with van der Waals surface area (Å²) in [5, 5.41) is 6.89. The second-order valence-electron chi connectivity index (χ2n) is 4.28. The fourth-order valence-corrected chi connectivity index (χ4v) is 2.18. The van der Waals surface area contributed by atoms with E-state index in [4.69, 9.17) is 5.73 Å². The second kappa shape index (κ2) is 5.88. The third kappa shape index (κ3) is 3.82. The third-order valence-electron chi connectivity index (χ3n) is 2.69. The minimum Gasteiger partial charge on any atom is -0.382 e. The van der Waals surface area contributed by atoms with Crippen molar-refractivity contribution in [3.05, 3.63) is 46.6 Å². The summed E-state index contributed by atoms with van der Waals surface area (Å²) in [4.78, 5) is 11.9. The maximum atomic E-state index is 11.9. The summed E-state index contributed by atoms with van der Waals surface area (Å²) in [7, 11) is 0. The van der Waals surface area contributed by atoms with Crippen molar-refractivity contribution >= 4 is 27.7 Å². The molecule has 1 amide bonds. The molecular weight excluding hydrogens is 308 g/mol. The fourth-order valence-electron chi connectivity index (χ4n) is 1.76. The molecule has 19 heavy (non-hydrogen) atoms. The van der Waals surface area contributed by atoms with Gasteiger partial charge in [0.15, 0.2) is 0 Å². The van der Waals surface area contributed by atoms with Crippen molar-refractivity contribution in [1.29, 1.82) is 0 Å². The summed E-state index contributed by atoms with van der Waals surface area (Å²) in [6.45, 7) is 2.10. The van der Waals surface area contributed by atoms with Crippen LogP contribution in [0, 0.1) is 0 Å². The molecule has 0 spiro atoms. The van der Waals surface area contributed by atoms with Crippen molar-refractivity contribution in [2.75, 3.05) is 5.73 Å². The summed E-state index contributed by atoms with van der Waals surface area (Å²) in [6, 6.07) is 9.45. The van der Waals surface area contributed by atoms with E-state index >= 15 is 0 Å². The summed E-state index contributed by atoms with van der Waals surface area (Å²) in [6.07, 6.45) is 1.68. The number of amides is 1. The van der Waals surface area contributed by atoms with Crippen LogP contribution in [0.2, 0.25) is 0 Å². The van der Waals surface area contributed by atoms with E-state index in [1.165, 1.54) is 4.68 Å². The van der Waals surface area contributed by atoms with Gasteiger partial charge < -0.3 is 11.1 Å². The monoisotopic (exact) mass is 322 g/mol. The van der Waals surface area contributed by atoms with Gasteiger partial charge in [-0.15, -0.1) is 0 Å². The number of nitrogens with two attached hydrogens (primary N) is 1. The zero-order valence-corrected chi connectivity index (χ0v) is 12.1. The normalized spacial score (nSPS) is 12.1. The predicted octanol–water partition coefficient (Wildman–Crippen LogP) is 2.11. The highest BCUT2D eigenvalue weighted by Gasteiger charge is 2.10. The van der Waals surface area contributed by atoms with Crippen LogP contribution >= 0.6 is 15.9 Å². The number of hydrogen-bond donors (Lipinski definition) is 2. The molecule has 2 aromatic rings. The lowest BCUT2D eigenvalue weighted by Gasteiger charge is -2.14. The third-order valence-corrected chi connectivity index (χ3v) is 3.19. The molecule has 0 saturated heterocycles. The van der Waals surface area contributed by atoms with Gasteiger partial charge in [0.1, 0.15) is 12.4 Å². The van der Waals surface area contributed by atoms with Crippen LogP contribution in [0.3, 0.4) is 0 Å². The molecule has 0 radical (unpaired) electrons. The Balaban J connectivity index is 1.95. The van der Waals surface area contributed by atoms with Gasteiger partial charge in [0.05, 0.1) is 6.04 Å². The molecule has 1 heterocycles. The number of benzene rings is 1. The SMILES string of the molecule is CC(NC(=O)Cn1ccc(N)n1)c1cccc(Br)c1. The smallest absolute Gasteiger partial charge is 0.242 e. The molecular formula is C13H15BrN4O. The van der Waals surface area contributed by atoms with Crippen molar-refractivity contribution in [2.45, 2.75) is 19.5 Å². The van der Waals surface area contributed by atoms with Crippen molar-refractivity contribution in [2.24, 2.45) is 0 Å². The minimum atomic E-state index is -0.101. The molecule has 2 rings (SSSR count). The van der Waals surface area contributed by atoms with E-state index in [-0.39, 0.29) is 18.5 Å². The topological polar surface area (TPSA) is 72.9 Å². The van der Waals surface area contributed by atoms with Crippen molar-refractivity contribution < 1.29 is 4.79 Å². The van der Waals surface area contributed by atoms with E-state index in [1.54, 1.807) is 12.3 Å². The van der Waals surface area contributed by atoms with Gasteiger partial charge in [-0.3, -0.25) is 9.48 Å². The largest absolute Gasteiger partial charge is 0.382 e. The van der Waals surface area contributed by atoms with Crippen LogP contribution in [-0.2, 0) is 11.3 Å². The van der Waals surface area contributed by atoms with Crippen LogP contribution in [0.5, 0.6) is 0 Å². The first-order valence-electron chi connectivity index (χ1n) is 5.88. The summed E-state index contributed by atoms with van der Waals surface area (Å²) < 4.78 is 2.50. The Morgan fingerprint density at radius 3 is 2.95 bits per heavy atom. The molecule has 100 valence electrons. The molecule has 0 aliphatic heterocycles. The molecule has 1 aromatic carbocycles. The first kappa shape index (κ1) is 13.6. The van der Waals surface area contributed by atoms with Gasteiger partial charge in [0, 0.05) is 10.7 Å². The van der Waals surface area contributed by atoms with Crippen LogP contribution in [0.15, 0.2) is 41.0 Å². The van der Waals surface area contributed by atoms with Gasteiger partial charge in [-0.1, -0.05) is 28.1 Å². The molecule has 0 saturated carbocycles. The highest BCUT2D eigenvalue weighted by atomic mass is 79.9. The Bertz CT molecular complexity index is 582. The van der Waals surface area contributed by atoms with E-state index in [1.807, 2.05) is 31.2 Å². The number of halogens is 1. The van der Waals surface area contributed by atoms with E-state index in [0.29, 0.717) is 5.82 Å². The van der Waals surface area contributed by atoms with Gasteiger partial charge >= 0.3 is 0 Å². The highest BCUT2D eigenvalue weighted by molar-refractivity contribution is 9.10. The average Bonchev–Trinajstić information content (AvgIpc) is 2.74. The minimum absolute atomic E-state index is 0.0575. The first-order chi connectivity index (χ1) is 9.04.